The van der Waals surface area contributed by atoms with Crippen LogP contribution in [0.3, 0.4) is 0 Å². The summed E-state index contributed by atoms with van der Waals surface area (Å²) in [5, 5.41) is 0.345. The van der Waals surface area contributed by atoms with Gasteiger partial charge in [0.05, 0.1) is 9.92 Å². The Morgan fingerprint density at radius 1 is 0.828 bits per heavy atom. The lowest BCUT2D eigenvalue weighted by Crippen LogP contribution is -2.50. The van der Waals surface area contributed by atoms with Gasteiger partial charge in [-0.3, -0.25) is 0 Å². The average molecular weight is 477 g/mol. The van der Waals surface area contributed by atoms with E-state index in [9.17, 15) is 16.8 Å². The number of hydrogen-bond donors (Lipinski definition) is 0. The van der Waals surface area contributed by atoms with Crippen molar-refractivity contribution in [2.24, 2.45) is 0 Å². The zero-order chi connectivity index (χ0) is 21.2. The summed E-state index contributed by atoms with van der Waals surface area (Å²) in [6, 6.07) is 11.1. The Balaban J connectivity index is 1.75. The van der Waals surface area contributed by atoms with Crippen LogP contribution in [0.15, 0.2) is 52.3 Å². The van der Waals surface area contributed by atoms with Gasteiger partial charge in [0.15, 0.2) is 0 Å². The maximum Gasteiger partial charge on any atom is 0.244 e. The maximum absolute atomic E-state index is 12.9. The predicted molar refractivity (Wildman–Crippen MR) is 114 cm³/mol. The van der Waals surface area contributed by atoms with Crippen molar-refractivity contribution in [2.45, 2.75) is 29.6 Å². The van der Waals surface area contributed by atoms with E-state index >= 15 is 0 Å². The normalized spacial score (nSPS) is 16.8. The molecule has 1 aliphatic heterocycles. The zero-order valence-electron chi connectivity index (χ0n) is 15.9. The van der Waals surface area contributed by atoms with E-state index in [-0.39, 0.29) is 46.0 Å². The van der Waals surface area contributed by atoms with E-state index in [1.165, 1.54) is 26.8 Å². The van der Waals surface area contributed by atoms with Crippen LogP contribution < -0.4 is 0 Å². The predicted octanol–water partition coefficient (Wildman–Crippen LogP) is 3.64. The highest BCUT2D eigenvalue weighted by Crippen LogP contribution is 2.29. The molecule has 2 aromatic rings. The van der Waals surface area contributed by atoms with Crippen molar-refractivity contribution in [3.63, 3.8) is 0 Å². The first-order chi connectivity index (χ1) is 13.7. The molecule has 0 aliphatic carbocycles. The van der Waals surface area contributed by atoms with E-state index in [2.05, 4.69) is 6.92 Å². The van der Waals surface area contributed by atoms with E-state index in [1.54, 1.807) is 12.1 Å². The van der Waals surface area contributed by atoms with Crippen molar-refractivity contribution >= 4 is 43.2 Å². The molecule has 1 fully saturated rings. The van der Waals surface area contributed by atoms with Crippen LogP contribution in [0, 0.1) is 0 Å². The lowest BCUT2D eigenvalue weighted by molar-refractivity contribution is 0.273. The fourth-order valence-electron chi connectivity index (χ4n) is 3.23. The van der Waals surface area contributed by atoms with Gasteiger partial charge in [-0.25, -0.2) is 16.8 Å². The Kier molecular flexibility index (Phi) is 6.92. The average Bonchev–Trinajstić information content (AvgIpc) is 2.70. The van der Waals surface area contributed by atoms with E-state index in [4.69, 9.17) is 23.2 Å². The molecule has 1 heterocycles. The van der Waals surface area contributed by atoms with E-state index < -0.39 is 20.0 Å². The van der Waals surface area contributed by atoms with Crippen molar-refractivity contribution < 1.29 is 16.8 Å². The molecular weight excluding hydrogens is 455 g/mol. The van der Waals surface area contributed by atoms with Crippen molar-refractivity contribution in [2.75, 3.05) is 26.2 Å². The third kappa shape index (κ3) is 4.78. The molecule has 0 N–H and O–H groups in total. The Labute approximate surface area is 182 Å². The second kappa shape index (κ2) is 8.91. The number of piperazine rings is 1. The first-order valence-electron chi connectivity index (χ1n) is 9.20. The summed E-state index contributed by atoms with van der Waals surface area (Å²) in [4.78, 5) is 0.140. The van der Waals surface area contributed by atoms with Gasteiger partial charge in [0.1, 0.15) is 4.90 Å². The second-order valence-corrected chi connectivity index (χ2v) is 11.5. The summed E-state index contributed by atoms with van der Waals surface area (Å²) >= 11 is 12.0. The van der Waals surface area contributed by atoms with Gasteiger partial charge in [-0.05, 0) is 42.3 Å². The molecule has 0 atom stereocenters. The van der Waals surface area contributed by atoms with E-state index in [0.29, 0.717) is 0 Å². The number of rotatable bonds is 6. The Bertz CT molecular complexity index is 1080. The standard InChI is InChI=1S/C19H22Cl2N2O4S2/c1-2-3-15-4-7-17(8-5-15)28(24,25)22-10-12-23(13-11-22)29(26,27)19-14-16(20)6-9-18(19)21/h4-9,14H,2-3,10-13H2,1H3. The molecule has 0 saturated carbocycles. The molecule has 1 aliphatic rings. The van der Waals surface area contributed by atoms with Crippen molar-refractivity contribution in [1.82, 2.24) is 8.61 Å². The molecule has 0 radical (unpaired) electrons. The van der Waals surface area contributed by atoms with Gasteiger partial charge in [-0.1, -0.05) is 48.7 Å². The van der Waals surface area contributed by atoms with Crippen LogP contribution in [0.4, 0.5) is 0 Å². The van der Waals surface area contributed by atoms with Gasteiger partial charge in [0, 0.05) is 31.2 Å². The minimum absolute atomic E-state index is 0.0400. The molecule has 158 valence electrons. The monoisotopic (exact) mass is 476 g/mol. The zero-order valence-corrected chi connectivity index (χ0v) is 19.0. The van der Waals surface area contributed by atoms with Crippen LogP contribution in [-0.4, -0.2) is 51.6 Å². The fraction of sp³-hybridized carbons (Fsp3) is 0.368. The molecule has 29 heavy (non-hydrogen) atoms. The van der Waals surface area contributed by atoms with Crippen LogP contribution in [0.1, 0.15) is 18.9 Å². The van der Waals surface area contributed by atoms with Crippen molar-refractivity contribution in [3.8, 4) is 0 Å². The number of benzene rings is 2. The van der Waals surface area contributed by atoms with Crippen LogP contribution in [-0.2, 0) is 26.5 Å². The molecule has 0 amide bonds. The van der Waals surface area contributed by atoms with Gasteiger partial charge in [-0.15, -0.1) is 0 Å². The van der Waals surface area contributed by atoms with Crippen LogP contribution in [0.2, 0.25) is 10.0 Å². The van der Waals surface area contributed by atoms with Gasteiger partial charge in [0.2, 0.25) is 20.0 Å². The quantitative estimate of drug-likeness (QED) is 0.637. The largest absolute Gasteiger partial charge is 0.244 e. The van der Waals surface area contributed by atoms with Crippen LogP contribution in [0.25, 0.3) is 0 Å². The molecule has 0 spiro atoms. The molecule has 10 heteroatoms. The molecular formula is C19H22Cl2N2O4S2. The van der Waals surface area contributed by atoms with Gasteiger partial charge < -0.3 is 0 Å². The highest BCUT2D eigenvalue weighted by Gasteiger charge is 2.34. The van der Waals surface area contributed by atoms with Crippen molar-refractivity contribution in [3.05, 3.63) is 58.1 Å². The summed E-state index contributed by atoms with van der Waals surface area (Å²) in [7, 11) is -7.54. The van der Waals surface area contributed by atoms with Crippen molar-refractivity contribution in [1.29, 1.82) is 0 Å². The number of aryl methyl sites for hydroxylation is 1. The lowest BCUT2D eigenvalue weighted by atomic mass is 10.1. The first-order valence-corrected chi connectivity index (χ1v) is 12.8. The number of sulfonamides is 2. The third-order valence-electron chi connectivity index (χ3n) is 4.81. The highest BCUT2D eigenvalue weighted by molar-refractivity contribution is 7.89. The SMILES string of the molecule is CCCc1ccc(S(=O)(=O)N2CCN(S(=O)(=O)c3cc(Cl)ccc3Cl)CC2)cc1. The number of halogens is 2. The summed E-state index contributed by atoms with van der Waals surface area (Å²) in [5.74, 6) is 0. The minimum Gasteiger partial charge on any atom is -0.207 e. The van der Waals surface area contributed by atoms with Gasteiger partial charge in [-0.2, -0.15) is 8.61 Å². The van der Waals surface area contributed by atoms with Crippen LogP contribution in [0.5, 0.6) is 0 Å². The van der Waals surface area contributed by atoms with Gasteiger partial charge >= 0.3 is 0 Å². The number of hydrogen-bond acceptors (Lipinski definition) is 4. The topological polar surface area (TPSA) is 74.8 Å². The Morgan fingerprint density at radius 2 is 1.38 bits per heavy atom. The summed E-state index contributed by atoms with van der Waals surface area (Å²) in [5.41, 5.74) is 1.08. The molecule has 6 nitrogen and oxygen atoms in total. The van der Waals surface area contributed by atoms with Gasteiger partial charge in [0.25, 0.3) is 0 Å². The number of nitrogens with zero attached hydrogens (tertiary/aromatic N) is 2. The molecule has 2 aromatic carbocycles. The van der Waals surface area contributed by atoms with E-state index in [0.717, 1.165) is 18.4 Å². The maximum atomic E-state index is 12.9. The minimum atomic E-state index is -3.87. The molecule has 0 bridgehead atoms. The van der Waals surface area contributed by atoms with E-state index in [1.807, 2.05) is 12.1 Å². The summed E-state index contributed by atoms with van der Waals surface area (Å²) < 4.78 is 54.2. The summed E-state index contributed by atoms with van der Waals surface area (Å²) in [6.45, 7) is 2.28. The molecule has 3 rings (SSSR count). The lowest BCUT2D eigenvalue weighted by Gasteiger charge is -2.33. The Hall–Kier alpha value is -1.16. The summed E-state index contributed by atoms with van der Waals surface area (Å²) in [6.07, 6.45) is 1.88. The first kappa shape index (κ1) is 22.5. The Morgan fingerprint density at radius 3 is 1.93 bits per heavy atom. The molecule has 0 unspecified atom stereocenters. The second-order valence-electron chi connectivity index (χ2n) is 6.78. The highest BCUT2D eigenvalue weighted by atomic mass is 35.5. The molecule has 1 saturated heterocycles. The smallest absolute Gasteiger partial charge is 0.207 e. The third-order valence-corrected chi connectivity index (χ3v) is 9.34. The molecule has 0 aromatic heterocycles. The fourth-order valence-corrected chi connectivity index (χ4v) is 6.81. The van der Waals surface area contributed by atoms with Crippen LogP contribution >= 0.6 is 23.2 Å².